The lowest BCUT2D eigenvalue weighted by Gasteiger charge is -2.38. The fourth-order valence-electron chi connectivity index (χ4n) is 3.50. The molecule has 0 aliphatic carbocycles. The predicted molar refractivity (Wildman–Crippen MR) is 96.9 cm³/mol. The quantitative estimate of drug-likeness (QED) is 0.802. The van der Waals surface area contributed by atoms with E-state index in [-0.39, 0.29) is 12.1 Å². The second-order valence-electron chi connectivity index (χ2n) is 7.99. The Labute approximate surface area is 147 Å². The first-order valence-electron chi connectivity index (χ1n) is 9.28. The molecule has 2 saturated heterocycles. The molecule has 0 saturated carbocycles. The van der Waals surface area contributed by atoms with Crippen molar-refractivity contribution >= 4 is 6.09 Å². The highest BCUT2D eigenvalue weighted by Crippen LogP contribution is 2.20. The van der Waals surface area contributed by atoms with E-state index in [2.05, 4.69) is 16.1 Å². The molecule has 24 heavy (non-hydrogen) atoms. The van der Waals surface area contributed by atoms with Crippen LogP contribution >= 0.6 is 0 Å². The fourth-order valence-corrected chi connectivity index (χ4v) is 3.50. The van der Waals surface area contributed by atoms with Crippen LogP contribution in [0.4, 0.5) is 4.79 Å². The van der Waals surface area contributed by atoms with Gasteiger partial charge in [0.2, 0.25) is 0 Å². The Balaban J connectivity index is 1.79. The molecule has 2 aliphatic heterocycles. The minimum atomic E-state index is -0.434. The molecule has 136 valence electrons. The highest BCUT2D eigenvalue weighted by Gasteiger charge is 2.31. The molecular formula is C19H33N3O2. The van der Waals surface area contributed by atoms with E-state index in [9.17, 15) is 4.79 Å². The van der Waals surface area contributed by atoms with Crippen LogP contribution in [0.1, 0.15) is 52.9 Å². The first kappa shape index (κ1) is 19.1. The van der Waals surface area contributed by atoms with Crippen LogP contribution in [0, 0.1) is 12.3 Å². The molecule has 0 bridgehead atoms. The van der Waals surface area contributed by atoms with Gasteiger partial charge in [-0.3, -0.25) is 4.90 Å². The van der Waals surface area contributed by atoms with Crippen molar-refractivity contribution in [1.82, 2.24) is 15.1 Å². The van der Waals surface area contributed by atoms with E-state index in [1.807, 2.05) is 25.7 Å². The van der Waals surface area contributed by atoms with Gasteiger partial charge in [0.05, 0.1) is 6.54 Å². The summed E-state index contributed by atoms with van der Waals surface area (Å²) in [5, 5.41) is 3.67. The number of amides is 1. The highest BCUT2D eigenvalue weighted by atomic mass is 16.6. The molecule has 1 unspecified atom stereocenters. The van der Waals surface area contributed by atoms with E-state index in [4.69, 9.17) is 11.2 Å². The lowest BCUT2D eigenvalue weighted by atomic mass is 10.0. The van der Waals surface area contributed by atoms with Crippen molar-refractivity contribution < 1.29 is 9.53 Å². The molecule has 1 atom stereocenters. The summed E-state index contributed by atoms with van der Waals surface area (Å²) < 4.78 is 5.57. The lowest BCUT2D eigenvalue weighted by molar-refractivity contribution is 0.00940. The normalized spacial score (nSPS) is 23.8. The molecule has 1 amide bonds. The Kier molecular flexibility index (Phi) is 6.94. The average Bonchev–Trinajstić information content (AvgIpc) is 2.53. The maximum Gasteiger partial charge on any atom is 0.410 e. The standard InChI is InChI=1S/C19H33N3O2/c1-5-11-21-13-9-16(10-14-21)20-15-17-8-6-7-12-22(17)18(23)24-19(2,3)4/h1,16-17,20H,6-15H2,2-4H3. The first-order chi connectivity index (χ1) is 11.4. The van der Waals surface area contributed by atoms with Gasteiger partial charge in [0, 0.05) is 38.3 Å². The predicted octanol–water partition coefficient (Wildman–Crippen LogP) is 2.46. The van der Waals surface area contributed by atoms with Crippen LogP contribution in [-0.4, -0.2) is 66.3 Å². The third-order valence-corrected chi connectivity index (χ3v) is 4.80. The SMILES string of the molecule is C#CCN1CCC(NCC2CCCCN2C(=O)OC(C)(C)C)CC1. The highest BCUT2D eigenvalue weighted by molar-refractivity contribution is 5.68. The van der Waals surface area contributed by atoms with E-state index < -0.39 is 5.60 Å². The summed E-state index contributed by atoms with van der Waals surface area (Å²) in [5.74, 6) is 2.72. The summed E-state index contributed by atoms with van der Waals surface area (Å²) in [5.41, 5.74) is -0.434. The summed E-state index contributed by atoms with van der Waals surface area (Å²) in [7, 11) is 0. The van der Waals surface area contributed by atoms with Crippen molar-refractivity contribution in [1.29, 1.82) is 0 Å². The molecule has 0 spiro atoms. The topological polar surface area (TPSA) is 44.8 Å². The van der Waals surface area contributed by atoms with Gasteiger partial charge >= 0.3 is 6.09 Å². The Bertz CT molecular complexity index is 445. The summed E-state index contributed by atoms with van der Waals surface area (Å²) in [4.78, 5) is 16.7. The van der Waals surface area contributed by atoms with Gasteiger partial charge < -0.3 is 15.0 Å². The van der Waals surface area contributed by atoms with E-state index in [0.717, 1.165) is 58.4 Å². The monoisotopic (exact) mass is 335 g/mol. The number of nitrogens with zero attached hydrogens (tertiary/aromatic N) is 2. The Morgan fingerprint density at radius 1 is 1.21 bits per heavy atom. The van der Waals surface area contributed by atoms with Crippen LogP contribution in [0.5, 0.6) is 0 Å². The summed E-state index contributed by atoms with van der Waals surface area (Å²) in [6, 6.07) is 0.777. The molecule has 2 aliphatic rings. The van der Waals surface area contributed by atoms with Crippen LogP contribution in [0.25, 0.3) is 0 Å². The Morgan fingerprint density at radius 3 is 2.54 bits per heavy atom. The van der Waals surface area contributed by atoms with Crippen molar-refractivity contribution in [2.75, 3.05) is 32.7 Å². The van der Waals surface area contributed by atoms with Gasteiger partial charge in [-0.05, 0) is 52.9 Å². The van der Waals surface area contributed by atoms with E-state index in [1.165, 1.54) is 6.42 Å². The van der Waals surface area contributed by atoms with Gasteiger partial charge in [0.1, 0.15) is 5.60 Å². The molecule has 2 fully saturated rings. The smallest absolute Gasteiger partial charge is 0.410 e. The van der Waals surface area contributed by atoms with Crippen molar-refractivity contribution in [3.05, 3.63) is 0 Å². The zero-order chi connectivity index (χ0) is 17.6. The van der Waals surface area contributed by atoms with Gasteiger partial charge in [0.25, 0.3) is 0 Å². The molecule has 0 radical (unpaired) electrons. The van der Waals surface area contributed by atoms with E-state index in [0.29, 0.717) is 6.04 Å². The lowest BCUT2D eigenvalue weighted by Crippen LogP contribution is -2.52. The van der Waals surface area contributed by atoms with Gasteiger partial charge in [-0.25, -0.2) is 4.79 Å². The third-order valence-electron chi connectivity index (χ3n) is 4.80. The number of carbonyl (C=O) groups is 1. The Morgan fingerprint density at radius 2 is 1.92 bits per heavy atom. The Hall–Kier alpha value is -1.25. The van der Waals surface area contributed by atoms with Gasteiger partial charge in [0.15, 0.2) is 0 Å². The molecule has 0 aromatic heterocycles. The minimum Gasteiger partial charge on any atom is -0.444 e. The number of rotatable bonds is 4. The molecular weight excluding hydrogens is 302 g/mol. The summed E-state index contributed by atoms with van der Waals surface area (Å²) in [6.45, 7) is 10.3. The number of hydrogen-bond donors (Lipinski definition) is 1. The largest absolute Gasteiger partial charge is 0.444 e. The number of likely N-dealkylation sites (tertiary alicyclic amines) is 2. The zero-order valence-electron chi connectivity index (χ0n) is 15.5. The molecule has 5 heteroatoms. The number of terminal acetylenes is 1. The average molecular weight is 335 g/mol. The summed E-state index contributed by atoms with van der Waals surface area (Å²) in [6.07, 6.45) is 10.8. The van der Waals surface area contributed by atoms with Crippen LogP contribution in [-0.2, 0) is 4.74 Å². The number of ether oxygens (including phenoxy) is 1. The van der Waals surface area contributed by atoms with Crippen LogP contribution < -0.4 is 5.32 Å². The molecule has 1 N–H and O–H groups in total. The van der Waals surface area contributed by atoms with Crippen molar-refractivity contribution in [3.8, 4) is 12.3 Å². The molecule has 0 aromatic rings. The second-order valence-corrected chi connectivity index (χ2v) is 7.99. The minimum absolute atomic E-state index is 0.169. The van der Waals surface area contributed by atoms with Crippen LogP contribution in [0.15, 0.2) is 0 Å². The second kappa shape index (κ2) is 8.73. The zero-order valence-corrected chi connectivity index (χ0v) is 15.5. The fraction of sp³-hybridized carbons (Fsp3) is 0.842. The van der Waals surface area contributed by atoms with Gasteiger partial charge in [-0.2, -0.15) is 0 Å². The molecule has 0 aromatic carbocycles. The van der Waals surface area contributed by atoms with Crippen molar-refractivity contribution in [2.24, 2.45) is 0 Å². The van der Waals surface area contributed by atoms with Crippen LogP contribution in [0.3, 0.4) is 0 Å². The molecule has 2 heterocycles. The van der Waals surface area contributed by atoms with Gasteiger partial charge in [-0.15, -0.1) is 6.42 Å². The van der Waals surface area contributed by atoms with Crippen molar-refractivity contribution in [3.63, 3.8) is 0 Å². The number of hydrogen-bond acceptors (Lipinski definition) is 4. The van der Waals surface area contributed by atoms with E-state index >= 15 is 0 Å². The first-order valence-corrected chi connectivity index (χ1v) is 9.28. The molecule has 5 nitrogen and oxygen atoms in total. The van der Waals surface area contributed by atoms with Gasteiger partial charge in [-0.1, -0.05) is 5.92 Å². The number of nitrogens with one attached hydrogen (secondary N) is 1. The van der Waals surface area contributed by atoms with Crippen LogP contribution in [0.2, 0.25) is 0 Å². The van der Waals surface area contributed by atoms with Crippen molar-refractivity contribution in [2.45, 2.75) is 70.6 Å². The molecule has 2 rings (SSSR count). The number of piperidine rings is 2. The number of carbonyl (C=O) groups excluding carboxylic acids is 1. The maximum atomic E-state index is 12.4. The van der Waals surface area contributed by atoms with E-state index in [1.54, 1.807) is 0 Å². The third kappa shape index (κ3) is 5.99. The summed E-state index contributed by atoms with van der Waals surface area (Å²) >= 11 is 0. The maximum absolute atomic E-state index is 12.4.